The quantitative estimate of drug-likeness (QED) is 0.162. The van der Waals surface area contributed by atoms with Crippen LogP contribution in [0.15, 0.2) is 176 Å². The largest absolute Gasteiger partial charge is 0.308 e. The van der Waals surface area contributed by atoms with E-state index < -0.39 is 0 Å². The first-order valence-corrected chi connectivity index (χ1v) is 20.0. The summed E-state index contributed by atoms with van der Waals surface area (Å²) in [5.41, 5.74) is 17.7. The fourth-order valence-corrected chi connectivity index (χ4v) is 8.48. The van der Waals surface area contributed by atoms with Crippen molar-refractivity contribution in [2.45, 2.75) is 27.7 Å². The Morgan fingerprint density at radius 2 is 0.814 bits per heavy atom. The Hall–Kier alpha value is -7.50. The van der Waals surface area contributed by atoms with E-state index in [1.54, 1.807) is 6.20 Å². The smallest absolute Gasteiger partial charge is 0.166 e. The number of hydrogen-bond acceptors (Lipinski definition) is 4. The van der Waals surface area contributed by atoms with Crippen molar-refractivity contribution in [3.63, 3.8) is 0 Å². The molecule has 0 aliphatic heterocycles. The van der Waals surface area contributed by atoms with Crippen molar-refractivity contribution in [2.24, 2.45) is 0 Å². The predicted octanol–water partition coefficient (Wildman–Crippen LogP) is 13.6. The molecule has 0 aliphatic rings. The molecule has 5 nitrogen and oxygen atoms in total. The zero-order valence-electron chi connectivity index (χ0n) is 33.5. The third-order valence-corrected chi connectivity index (χ3v) is 11.0. The highest BCUT2D eigenvalue weighted by Gasteiger charge is 2.21. The van der Waals surface area contributed by atoms with Crippen LogP contribution in [0.2, 0.25) is 0 Å². The van der Waals surface area contributed by atoms with Crippen LogP contribution >= 0.6 is 0 Å². The molecule has 0 radical (unpaired) electrons. The lowest BCUT2D eigenvalue weighted by Crippen LogP contribution is -2.04. The monoisotopic (exact) mass is 759 g/mol. The highest BCUT2D eigenvalue weighted by Crippen LogP contribution is 2.41. The second-order valence-electron chi connectivity index (χ2n) is 15.6. The molecule has 10 aromatic rings. The van der Waals surface area contributed by atoms with Gasteiger partial charge < -0.3 is 4.57 Å². The van der Waals surface area contributed by atoms with Gasteiger partial charge in [-0.3, -0.25) is 4.98 Å². The zero-order chi connectivity index (χ0) is 40.0. The normalized spacial score (nSPS) is 11.4. The predicted molar refractivity (Wildman–Crippen MR) is 244 cm³/mol. The SMILES string of the molecule is Cc1cc(C)cc(-c2ccc3c(c2)c2cc(-c4cc(C)cc(C)c4)ccc2n3-c2ccc(-c3cccnc3)cc2-c2nc(-c3ccccc3)nc(-c3ccccc3)n2)c1. The first kappa shape index (κ1) is 35.9. The van der Waals surface area contributed by atoms with E-state index in [2.05, 4.69) is 159 Å². The molecule has 0 saturated heterocycles. The average Bonchev–Trinajstić information content (AvgIpc) is 3.59. The molecule has 3 aromatic heterocycles. The summed E-state index contributed by atoms with van der Waals surface area (Å²) in [5, 5.41) is 2.35. The van der Waals surface area contributed by atoms with Gasteiger partial charge in [0.15, 0.2) is 17.5 Å². The molecule has 0 saturated carbocycles. The molecule has 0 unspecified atom stereocenters. The molecule has 0 spiro atoms. The van der Waals surface area contributed by atoms with E-state index in [9.17, 15) is 0 Å². The van der Waals surface area contributed by atoms with Gasteiger partial charge in [-0.25, -0.2) is 15.0 Å². The van der Waals surface area contributed by atoms with Crippen molar-refractivity contribution in [2.75, 3.05) is 0 Å². The minimum absolute atomic E-state index is 0.590. The second-order valence-corrected chi connectivity index (χ2v) is 15.6. The van der Waals surface area contributed by atoms with Crippen LogP contribution in [0.1, 0.15) is 22.3 Å². The lowest BCUT2D eigenvalue weighted by atomic mass is 9.97. The average molecular weight is 760 g/mol. The summed E-state index contributed by atoms with van der Waals surface area (Å²) in [5.74, 6) is 1.82. The van der Waals surface area contributed by atoms with Gasteiger partial charge in [0.25, 0.3) is 0 Å². The molecule has 0 fully saturated rings. The molecule has 7 aromatic carbocycles. The summed E-state index contributed by atoms with van der Waals surface area (Å²) in [7, 11) is 0. The Labute approximate surface area is 344 Å². The number of rotatable bonds is 7. The van der Waals surface area contributed by atoms with Crippen LogP contribution in [0.3, 0.4) is 0 Å². The summed E-state index contributed by atoms with van der Waals surface area (Å²) in [6.07, 6.45) is 3.71. The van der Waals surface area contributed by atoms with Gasteiger partial charge in [0.1, 0.15) is 0 Å². The van der Waals surface area contributed by atoms with Crippen LogP contribution in [0.25, 0.3) is 95.0 Å². The maximum Gasteiger partial charge on any atom is 0.166 e. The van der Waals surface area contributed by atoms with Crippen molar-refractivity contribution in [3.8, 4) is 73.2 Å². The van der Waals surface area contributed by atoms with Gasteiger partial charge in [-0.15, -0.1) is 0 Å². The number of fused-ring (bicyclic) bond motifs is 3. The summed E-state index contributed by atoms with van der Waals surface area (Å²) in [6.45, 7) is 8.67. The molecule has 0 aliphatic carbocycles. The minimum Gasteiger partial charge on any atom is -0.308 e. The topological polar surface area (TPSA) is 56.5 Å². The standard InChI is InChI=1S/C54H41N5/c1-34-24-35(2)27-44(26-34)41-18-20-49-46(30-41)47-31-42(45-28-36(3)25-37(4)29-45)19-21-50(47)59(49)51-22-17-40(43-16-11-23-55-33-43)32-48(51)54-57-52(38-12-7-5-8-13-38)56-53(58-54)39-14-9-6-10-15-39/h5-33H,1-4H3. The molecule has 0 N–H and O–H groups in total. The van der Waals surface area contributed by atoms with E-state index >= 15 is 0 Å². The van der Waals surface area contributed by atoms with Crippen molar-refractivity contribution in [1.29, 1.82) is 0 Å². The van der Waals surface area contributed by atoms with Crippen molar-refractivity contribution >= 4 is 21.8 Å². The van der Waals surface area contributed by atoms with E-state index in [0.717, 1.165) is 44.5 Å². The number of hydrogen-bond donors (Lipinski definition) is 0. The summed E-state index contributed by atoms with van der Waals surface area (Å²) < 4.78 is 2.39. The van der Waals surface area contributed by atoms with Crippen LogP contribution in [0.5, 0.6) is 0 Å². The van der Waals surface area contributed by atoms with Gasteiger partial charge >= 0.3 is 0 Å². The fraction of sp³-hybridized carbons (Fsp3) is 0.0741. The number of pyridine rings is 1. The molecule has 5 heteroatoms. The maximum atomic E-state index is 5.25. The molecule has 3 heterocycles. The summed E-state index contributed by atoms with van der Waals surface area (Å²) in [4.78, 5) is 20.0. The summed E-state index contributed by atoms with van der Waals surface area (Å²) >= 11 is 0. The Kier molecular flexibility index (Phi) is 8.99. The fourth-order valence-electron chi connectivity index (χ4n) is 8.48. The van der Waals surface area contributed by atoms with E-state index in [0.29, 0.717) is 17.5 Å². The molecule has 0 amide bonds. The van der Waals surface area contributed by atoms with Gasteiger partial charge in [0, 0.05) is 45.4 Å². The van der Waals surface area contributed by atoms with Crippen LogP contribution in [0, 0.1) is 27.7 Å². The molecule has 59 heavy (non-hydrogen) atoms. The van der Waals surface area contributed by atoms with Gasteiger partial charge in [-0.1, -0.05) is 144 Å². The van der Waals surface area contributed by atoms with Crippen LogP contribution in [0.4, 0.5) is 0 Å². The molecule has 282 valence electrons. The number of nitrogens with zero attached hydrogens (tertiary/aromatic N) is 5. The minimum atomic E-state index is 0.590. The Morgan fingerprint density at radius 1 is 0.356 bits per heavy atom. The third kappa shape index (κ3) is 6.87. The lowest BCUT2D eigenvalue weighted by Gasteiger charge is -2.16. The van der Waals surface area contributed by atoms with Crippen LogP contribution < -0.4 is 0 Å². The lowest BCUT2D eigenvalue weighted by molar-refractivity contribution is 1.06. The summed E-state index contributed by atoms with van der Waals surface area (Å²) in [6, 6.07) is 58.3. The van der Waals surface area contributed by atoms with E-state index in [-0.39, 0.29) is 0 Å². The number of aryl methyl sites for hydroxylation is 4. The molecule has 0 atom stereocenters. The van der Waals surface area contributed by atoms with Crippen LogP contribution in [-0.2, 0) is 0 Å². The van der Waals surface area contributed by atoms with Gasteiger partial charge in [-0.05, 0) is 98.0 Å². The highest BCUT2D eigenvalue weighted by atomic mass is 15.1. The second kappa shape index (κ2) is 14.8. The maximum absolute atomic E-state index is 5.25. The van der Waals surface area contributed by atoms with Crippen LogP contribution in [-0.4, -0.2) is 24.5 Å². The Bertz CT molecular complexity index is 2980. The molecular formula is C54H41N5. The van der Waals surface area contributed by atoms with E-state index in [4.69, 9.17) is 15.0 Å². The Balaban J connectivity index is 1.28. The first-order valence-electron chi connectivity index (χ1n) is 20.0. The number of aromatic nitrogens is 5. The van der Waals surface area contributed by atoms with Gasteiger partial charge in [0.05, 0.1) is 16.7 Å². The van der Waals surface area contributed by atoms with E-state index in [1.807, 2.05) is 48.7 Å². The van der Waals surface area contributed by atoms with Crippen molar-refractivity contribution in [1.82, 2.24) is 24.5 Å². The molecule has 0 bridgehead atoms. The molecule has 10 rings (SSSR count). The highest BCUT2D eigenvalue weighted by molar-refractivity contribution is 6.12. The van der Waals surface area contributed by atoms with Crippen molar-refractivity contribution in [3.05, 3.63) is 198 Å². The third-order valence-electron chi connectivity index (χ3n) is 11.0. The van der Waals surface area contributed by atoms with Gasteiger partial charge in [0.2, 0.25) is 0 Å². The van der Waals surface area contributed by atoms with E-state index in [1.165, 1.54) is 55.3 Å². The van der Waals surface area contributed by atoms with Gasteiger partial charge in [-0.2, -0.15) is 0 Å². The Morgan fingerprint density at radius 3 is 1.31 bits per heavy atom. The van der Waals surface area contributed by atoms with Crippen molar-refractivity contribution < 1.29 is 0 Å². The molecular weight excluding hydrogens is 719 g/mol. The number of benzene rings is 7. The zero-order valence-corrected chi connectivity index (χ0v) is 33.5. The first-order chi connectivity index (χ1) is 28.8.